The van der Waals surface area contributed by atoms with Crippen LogP contribution in [0.1, 0.15) is 50.7 Å². The lowest BCUT2D eigenvalue weighted by Crippen LogP contribution is -2.25. The van der Waals surface area contributed by atoms with Gasteiger partial charge in [-0.1, -0.05) is 81.3 Å². The predicted octanol–water partition coefficient (Wildman–Crippen LogP) is 5.62. The Kier molecular flexibility index (Phi) is 8.77. The standard InChI is InChI=1S/C28H35N3O2S/c1-3-5-20-31(21-6-4-2)23-18-16-22(17-19-23)12-8-7-9-15-26-27(28(29)30)24-13-10-11-14-25(24)34(26,32)33/h7-19H,3-6,20-21,29-30H2,1-2H3/b9-7+,12-8+,26-15-. The van der Waals surface area contributed by atoms with Crippen molar-refractivity contribution in [1.82, 2.24) is 0 Å². The number of benzene rings is 2. The first kappa shape index (κ1) is 25.4. The normalized spacial score (nSPS) is 15.9. The molecule has 1 heterocycles. The molecule has 5 nitrogen and oxygen atoms in total. The molecule has 0 radical (unpaired) electrons. The molecule has 3 rings (SSSR count). The van der Waals surface area contributed by atoms with Gasteiger partial charge in [0.25, 0.3) is 0 Å². The summed E-state index contributed by atoms with van der Waals surface area (Å²) in [7, 11) is -3.64. The summed E-state index contributed by atoms with van der Waals surface area (Å²) in [4.78, 5) is 2.82. The first-order valence-electron chi connectivity index (χ1n) is 11.9. The molecule has 0 aromatic heterocycles. The highest BCUT2D eigenvalue weighted by atomic mass is 32.2. The van der Waals surface area contributed by atoms with Crippen molar-refractivity contribution in [2.45, 2.75) is 44.4 Å². The zero-order valence-electron chi connectivity index (χ0n) is 20.1. The summed E-state index contributed by atoms with van der Waals surface area (Å²) < 4.78 is 25.9. The molecule has 0 unspecified atom stereocenters. The minimum absolute atomic E-state index is 0.00396. The van der Waals surface area contributed by atoms with Gasteiger partial charge in [0.1, 0.15) is 5.82 Å². The summed E-state index contributed by atoms with van der Waals surface area (Å²) >= 11 is 0. The molecule has 0 spiro atoms. The number of allylic oxidation sites excluding steroid dienone is 5. The molecule has 2 aromatic rings. The van der Waals surface area contributed by atoms with Gasteiger partial charge < -0.3 is 16.4 Å². The fourth-order valence-electron chi connectivity index (χ4n) is 4.00. The summed E-state index contributed by atoms with van der Waals surface area (Å²) in [6.07, 6.45) is 13.7. The number of rotatable bonds is 10. The Bertz CT molecular complexity index is 1190. The minimum atomic E-state index is -3.64. The smallest absolute Gasteiger partial charge is 0.207 e. The van der Waals surface area contributed by atoms with E-state index in [0.717, 1.165) is 18.7 Å². The van der Waals surface area contributed by atoms with Crippen LogP contribution >= 0.6 is 0 Å². The number of nitrogens with zero attached hydrogens (tertiary/aromatic N) is 1. The van der Waals surface area contributed by atoms with Crippen molar-refractivity contribution in [3.63, 3.8) is 0 Å². The molecule has 0 fully saturated rings. The largest absolute Gasteiger partial charge is 0.385 e. The van der Waals surface area contributed by atoms with Gasteiger partial charge in [-0.25, -0.2) is 8.42 Å². The van der Waals surface area contributed by atoms with E-state index in [2.05, 4.69) is 43.0 Å². The molecule has 0 bridgehead atoms. The van der Waals surface area contributed by atoms with Crippen molar-refractivity contribution in [3.05, 3.63) is 94.7 Å². The topological polar surface area (TPSA) is 89.4 Å². The van der Waals surface area contributed by atoms with Crippen molar-refractivity contribution >= 4 is 27.2 Å². The van der Waals surface area contributed by atoms with Gasteiger partial charge in [0.2, 0.25) is 9.84 Å². The van der Waals surface area contributed by atoms with Gasteiger partial charge >= 0.3 is 0 Å². The lowest BCUT2D eigenvalue weighted by atomic mass is 10.1. The quantitative estimate of drug-likeness (QED) is 0.434. The molecule has 0 saturated heterocycles. The van der Waals surface area contributed by atoms with Crippen LogP contribution in [0.3, 0.4) is 0 Å². The highest BCUT2D eigenvalue weighted by Gasteiger charge is 2.36. The van der Waals surface area contributed by atoms with Crippen LogP contribution in [-0.4, -0.2) is 21.5 Å². The maximum atomic E-state index is 12.9. The molecule has 1 aliphatic rings. The summed E-state index contributed by atoms with van der Waals surface area (Å²) in [5, 5.41) is 0. The molecule has 34 heavy (non-hydrogen) atoms. The average molecular weight is 478 g/mol. The fraction of sp³-hybridized carbons (Fsp3) is 0.286. The van der Waals surface area contributed by atoms with Crippen molar-refractivity contribution in [3.8, 4) is 0 Å². The average Bonchev–Trinajstić information content (AvgIpc) is 3.06. The van der Waals surface area contributed by atoms with Crippen LogP contribution in [0.2, 0.25) is 0 Å². The number of nitrogens with two attached hydrogens (primary N) is 2. The predicted molar refractivity (Wildman–Crippen MR) is 144 cm³/mol. The highest BCUT2D eigenvalue weighted by Crippen LogP contribution is 2.43. The summed E-state index contributed by atoms with van der Waals surface area (Å²) in [5.41, 5.74) is 14.9. The van der Waals surface area contributed by atoms with Gasteiger partial charge in [-0.15, -0.1) is 0 Å². The Hall–Kier alpha value is -3.25. The SMILES string of the molecule is CCCCN(CCCC)c1ccc(/C=C/C=C/C=C2/C(=C(N)N)c3ccccc3S2(=O)=O)cc1. The summed E-state index contributed by atoms with van der Waals surface area (Å²) in [6.45, 7) is 6.61. The molecule has 0 aliphatic carbocycles. The number of hydrogen-bond donors (Lipinski definition) is 2. The Morgan fingerprint density at radius 1 is 0.882 bits per heavy atom. The second-order valence-corrected chi connectivity index (χ2v) is 10.3. The van der Waals surface area contributed by atoms with Gasteiger partial charge in [-0.05, 0) is 42.7 Å². The fourth-order valence-corrected chi connectivity index (χ4v) is 5.71. The third kappa shape index (κ3) is 5.81. The summed E-state index contributed by atoms with van der Waals surface area (Å²) in [5.74, 6) is -0.00396. The van der Waals surface area contributed by atoms with E-state index < -0.39 is 9.84 Å². The van der Waals surface area contributed by atoms with Crippen LogP contribution in [0.5, 0.6) is 0 Å². The Labute approximate surface area is 204 Å². The van der Waals surface area contributed by atoms with E-state index in [-0.39, 0.29) is 15.6 Å². The zero-order valence-corrected chi connectivity index (χ0v) is 20.9. The van der Waals surface area contributed by atoms with Crippen LogP contribution in [0.25, 0.3) is 11.6 Å². The van der Waals surface area contributed by atoms with E-state index in [1.807, 2.05) is 12.2 Å². The molecular formula is C28H35N3O2S. The van der Waals surface area contributed by atoms with Crippen molar-refractivity contribution < 1.29 is 8.42 Å². The zero-order chi connectivity index (χ0) is 24.6. The number of fused-ring (bicyclic) bond motifs is 1. The van der Waals surface area contributed by atoms with Crippen molar-refractivity contribution in [1.29, 1.82) is 0 Å². The second-order valence-electron chi connectivity index (χ2n) is 8.39. The van der Waals surface area contributed by atoms with Gasteiger partial charge in [0.05, 0.1) is 9.80 Å². The third-order valence-corrected chi connectivity index (χ3v) is 7.70. The number of unbranched alkanes of at least 4 members (excludes halogenated alkanes) is 2. The van der Waals surface area contributed by atoms with E-state index in [1.165, 1.54) is 31.4 Å². The number of hydrogen-bond acceptors (Lipinski definition) is 5. The molecular weight excluding hydrogens is 442 g/mol. The third-order valence-electron chi connectivity index (χ3n) is 5.85. The van der Waals surface area contributed by atoms with E-state index in [4.69, 9.17) is 11.5 Å². The maximum absolute atomic E-state index is 12.9. The highest BCUT2D eigenvalue weighted by molar-refractivity contribution is 7.96. The molecule has 0 saturated carbocycles. The van der Waals surface area contributed by atoms with Crippen molar-refractivity contribution in [2.75, 3.05) is 18.0 Å². The van der Waals surface area contributed by atoms with Gasteiger partial charge in [-0.3, -0.25) is 0 Å². The first-order valence-corrected chi connectivity index (χ1v) is 13.4. The Morgan fingerprint density at radius 2 is 1.53 bits per heavy atom. The van der Waals surface area contributed by atoms with Gasteiger partial charge in [0.15, 0.2) is 0 Å². The second kappa shape index (κ2) is 11.7. The monoisotopic (exact) mass is 477 g/mol. The van der Waals surface area contributed by atoms with Gasteiger partial charge in [0, 0.05) is 29.9 Å². The molecule has 2 aromatic carbocycles. The molecule has 4 N–H and O–H groups in total. The molecule has 0 amide bonds. The number of anilines is 1. The minimum Gasteiger partial charge on any atom is -0.385 e. The maximum Gasteiger partial charge on any atom is 0.207 e. The lowest BCUT2D eigenvalue weighted by Gasteiger charge is -2.24. The molecule has 6 heteroatoms. The van der Waals surface area contributed by atoms with Crippen LogP contribution in [0.4, 0.5) is 5.69 Å². The van der Waals surface area contributed by atoms with Crippen LogP contribution in [-0.2, 0) is 9.84 Å². The summed E-state index contributed by atoms with van der Waals surface area (Å²) in [6, 6.07) is 15.3. The van der Waals surface area contributed by atoms with E-state index >= 15 is 0 Å². The Morgan fingerprint density at radius 3 is 2.15 bits per heavy atom. The van der Waals surface area contributed by atoms with Crippen LogP contribution in [0.15, 0.2) is 88.5 Å². The Balaban J connectivity index is 1.72. The molecule has 180 valence electrons. The van der Waals surface area contributed by atoms with Crippen LogP contribution < -0.4 is 16.4 Å². The molecule has 1 aliphatic heterocycles. The number of sulfone groups is 1. The first-order chi connectivity index (χ1) is 16.4. The van der Waals surface area contributed by atoms with E-state index in [1.54, 1.807) is 42.5 Å². The van der Waals surface area contributed by atoms with Crippen LogP contribution in [0, 0.1) is 0 Å². The molecule has 0 atom stereocenters. The van der Waals surface area contributed by atoms with Crippen molar-refractivity contribution in [2.24, 2.45) is 11.5 Å². The van der Waals surface area contributed by atoms with Gasteiger partial charge in [-0.2, -0.15) is 0 Å². The van der Waals surface area contributed by atoms with E-state index in [0.29, 0.717) is 11.1 Å². The lowest BCUT2D eigenvalue weighted by molar-refractivity contribution is 0.604. The van der Waals surface area contributed by atoms with E-state index in [9.17, 15) is 8.42 Å².